The van der Waals surface area contributed by atoms with Gasteiger partial charge in [0, 0.05) is 31.9 Å². The third-order valence-corrected chi connectivity index (χ3v) is 3.91. The Hall–Kier alpha value is -1.75. The van der Waals surface area contributed by atoms with Crippen molar-refractivity contribution in [3.05, 3.63) is 53.4 Å². The molecular weight excluding hydrogens is 467 g/mol. The summed E-state index contributed by atoms with van der Waals surface area (Å²) in [5, 5.41) is 20.8. The lowest BCUT2D eigenvalue weighted by Gasteiger charge is -2.20. The molecule has 2 rings (SSSR count). The molecule has 0 spiro atoms. The van der Waals surface area contributed by atoms with Crippen LogP contribution in [-0.4, -0.2) is 40.5 Å². The highest BCUT2D eigenvalue weighted by atomic mass is 127. The van der Waals surface area contributed by atoms with Crippen LogP contribution >= 0.6 is 24.0 Å². The molecule has 1 aromatic heterocycles. The molecule has 0 aliphatic heterocycles. The van der Waals surface area contributed by atoms with E-state index in [2.05, 4.69) is 20.7 Å². The summed E-state index contributed by atoms with van der Waals surface area (Å²) in [6.45, 7) is 4.72. The first-order chi connectivity index (χ1) is 12.3. The molecule has 0 saturated heterocycles. The van der Waals surface area contributed by atoms with Gasteiger partial charge in [0.1, 0.15) is 17.2 Å². The molecule has 1 aromatic carbocycles. The Balaban J connectivity index is 0.00000364. The summed E-state index contributed by atoms with van der Waals surface area (Å²) >= 11 is 0. The lowest BCUT2D eigenvalue weighted by Crippen LogP contribution is -2.39. The van der Waals surface area contributed by atoms with Gasteiger partial charge < -0.3 is 15.7 Å². The van der Waals surface area contributed by atoms with E-state index in [9.17, 15) is 13.9 Å². The van der Waals surface area contributed by atoms with Crippen LogP contribution in [0.2, 0.25) is 0 Å². The van der Waals surface area contributed by atoms with E-state index in [1.807, 2.05) is 6.92 Å². The van der Waals surface area contributed by atoms with E-state index in [0.29, 0.717) is 36.6 Å². The molecule has 0 bridgehead atoms. The number of aromatic nitrogens is 2. The number of nitrogens with zero attached hydrogens (tertiary/aromatic N) is 3. The van der Waals surface area contributed by atoms with Gasteiger partial charge in [-0.1, -0.05) is 0 Å². The highest BCUT2D eigenvalue weighted by molar-refractivity contribution is 14.0. The van der Waals surface area contributed by atoms with Crippen molar-refractivity contribution in [3.63, 3.8) is 0 Å². The fourth-order valence-electron chi connectivity index (χ4n) is 2.42. The molecule has 1 heterocycles. The topological polar surface area (TPSA) is 74.5 Å². The van der Waals surface area contributed by atoms with Crippen molar-refractivity contribution >= 4 is 29.9 Å². The lowest BCUT2D eigenvalue weighted by atomic mass is 10.0. The first-order valence-electron chi connectivity index (χ1n) is 8.49. The molecule has 2 aromatic rings. The number of benzene rings is 1. The van der Waals surface area contributed by atoms with E-state index in [4.69, 9.17) is 0 Å². The highest BCUT2D eigenvalue weighted by Gasteiger charge is 2.24. The molecule has 1 atom stereocenters. The average molecular weight is 493 g/mol. The molecule has 6 nitrogen and oxygen atoms in total. The van der Waals surface area contributed by atoms with Crippen LogP contribution < -0.4 is 10.6 Å². The van der Waals surface area contributed by atoms with E-state index < -0.39 is 17.2 Å². The molecule has 1 unspecified atom stereocenters. The molecule has 150 valence electrons. The number of guanidine groups is 1. The molecule has 3 N–H and O–H groups in total. The van der Waals surface area contributed by atoms with Crippen molar-refractivity contribution in [3.8, 4) is 0 Å². The van der Waals surface area contributed by atoms with Gasteiger partial charge in [-0.25, -0.2) is 13.8 Å². The normalized spacial score (nSPS) is 13.6. The van der Waals surface area contributed by atoms with Crippen LogP contribution in [0.3, 0.4) is 0 Å². The van der Waals surface area contributed by atoms with E-state index in [0.717, 1.165) is 12.1 Å². The summed E-state index contributed by atoms with van der Waals surface area (Å²) in [5.74, 6) is -0.405. The number of hydrogen-bond acceptors (Lipinski definition) is 3. The molecular formula is C18H26F2IN5O. The van der Waals surface area contributed by atoms with Crippen LogP contribution in [0.4, 0.5) is 8.78 Å². The Morgan fingerprint density at radius 3 is 2.70 bits per heavy atom. The van der Waals surface area contributed by atoms with Crippen LogP contribution in [0.15, 0.2) is 35.6 Å². The number of aliphatic hydroxyl groups is 1. The Kier molecular flexibility index (Phi) is 9.10. The van der Waals surface area contributed by atoms with Gasteiger partial charge in [-0.2, -0.15) is 5.10 Å². The van der Waals surface area contributed by atoms with Gasteiger partial charge in [-0.15, -0.1) is 24.0 Å². The predicted molar refractivity (Wildman–Crippen MR) is 112 cm³/mol. The minimum Gasteiger partial charge on any atom is -0.383 e. The van der Waals surface area contributed by atoms with Crippen LogP contribution in [0.5, 0.6) is 0 Å². The van der Waals surface area contributed by atoms with Crippen molar-refractivity contribution in [2.45, 2.75) is 25.9 Å². The lowest BCUT2D eigenvalue weighted by molar-refractivity contribution is 0.0672. The fraction of sp³-hybridized carbons (Fsp3) is 0.444. The maximum absolute atomic E-state index is 13.7. The molecule has 27 heavy (non-hydrogen) atoms. The number of halogens is 3. The second-order valence-electron chi connectivity index (χ2n) is 6.28. The van der Waals surface area contributed by atoms with Crippen LogP contribution in [0.1, 0.15) is 25.0 Å². The van der Waals surface area contributed by atoms with Gasteiger partial charge in [-0.3, -0.25) is 4.68 Å². The van der Waals surface area contributed by atoms with Crippen molar-refractivity contribution < 1.29 is 13.9 Å². The van der Waals surface area contributed by atoms with Gasteiger partial charge in [0.05, 0.1) is 12.7 Å². The van der Waals surface area contributed by atoms with Crippen molar-refractivity contribution in [1.82, 2.24) is 20.4 Å². The molecule has 0 aliphatic rings. The van der Waals surface area contributed by atoms with Crippen molar-refractivity contribution in [2.24, 2.45) is 12.0 Å². The van der Waals surface area contributed by atoms with Gasteiger partial charge >= 0.3 is 0 Å². The average Bonchev–Trinajstić information content (AvgIpc) is 3.03. The van der Waals surface area contributed by atoms with Gasteiger partial charge in [0.15, 0.2) is 5.96 Å². The maximum Gasteiger partial charge on any atom is 0.191 e. The summed E-state index contributed by atoms with van der Waals surface area (Å²) in [6.07, 6.45) is 3.65. The fourth-order valence-corrected chi connectivity index (χ4v) is 2.42. The maximum atomic E-state index is 13.7. The summed E-state index contributed by atoms with van der Waals surface area (Å²) < 4.78 is 28.5. The van der Waals surface area contributed by atoms with Crippen molar-refractivity contribution in [1.29, 1.82) is 0 Å². The Labute approximate surface area is 175 Å². The first kappa shape index (κ1) is 23.3. The van der Waals surface area contributed by atoms with Crippen LogP contribution in [-0.2, 0) is 19.1 Å². The number of aliphatic imine (C=N–C) groups is 1. The van der Waals surface area contributed by atoms with Gasteiger partial charge in [-0.05, 0) is 44.0 Å². The largest absolute Gasteiger partial charge is 0.383 e. The van der Waals surface area contributed by atoms with E-state index in [1.54, 1.807) is 31.0 Å². The standard InChI is InChI=1S/C18H25F2N5O.HI/c1-4-21-17(22-8-7-13-9-15(19)5-6-16(13)20)23-12-18(2,26)14-10-24-25(3)11-14;/h5-6,9-11,26H,4,7-8,12H2,1-3H3,(H2,21,22,23);1H. The second-order valence-corrected chi connectivity index (χ2v) is 6.28. The summed E-state index contributed by atoms with van der Waals surface area (Å²) in [4.78, 5) is 4.38. The smallest absolute Gasteiger partial charge is 0.191 e. The summed E-state index contributed by atoms with van der Waals surface area (Å²) in [6, 6.07) is 3.40. The molecule has 0 radical (unpaired) electrons. The zero-order valence-electron chi connectivity index (χ0n) is 15.7. The molecule has 0 aliphatic carbocycles. The third-order valence-electron chi connectivity index (χ3n) is 3.91. The zero-order chi connectivity index (χ0) is 19.2. The number of rotatable bonds is 7. The molecule has 9 heteroatoms. The third kappa shape index (κ3) is 7.06. The number of nitrogens with one attached hydrogen (secondary N) is 2. The quantitative estimate of drug-likeness (QED) is 0.315. The highest BCUT2D eigenvalue weighted by Crippen LogP contribution is 2.19. The van der Waals surface area contributed by atoms with E-state index in [1.165, 1.54) is 6.07 Å². The Morgan fingerprint density at radius 2 is 2.07 bits per heavy atom. The van der Waals surface area contributed by atoms with Gasteiger partial charge in [0.25, 0.3) is 0 Å². The van der Waals surface area contributed by atoms with Crippen LogP contribution in [0.25, 0.3) is 0 Å². The molecule has 0 fully saturated rings. The minimum absolute atomic E-state index is 0. The minimum atomic E-state index is -1.16. The van der Waals surface area contributed by atoms with E-state index in [-0.39, 0.29) is 30.5 Å². The number of aryl methyl sites for hydroxylation is 1. The summed E-state index contributed by atoms with van der Waals surface area (Å²) in [5.41, 5.74) is -0.192. The second kappa shape index (κ2) is 10.5. The Morgan fingerprint density at radius 1 is 1.33 bits per heavy atom. The first-order valence-corrected chi connectivity index (χ1v) is 8.49. The molecule has 0 saturated carbocycles. The summed E-state index contributed by atoms with van der Waals surface area (Å²) in [7, 11) is 1.78. The SMILES string of the molecule is CCNC(=NCC(C)(O)c1cnn(C)c1)NCCc1cc(F)ccc1F.I. The number of hydrogen-bond donors (Lipinski definition) is 3. The predicted octanol–water partition coefficient (Wildman–Crippen LogP) is 2.32. The van der Waals surface area contributed by atoms with E-state index >= 15 is 0 Å². The zero-order valence-corrected chi connectivity index (χ0v) is 18.0. The Bertz CT molecular complexity index is 764. The van der Waals surface area contributed by atoms with Crippen molar-refractivity contribution in [2.75, 3.05) is 19.6 Å². The monoisotopic (exact) mass is 493 g/mol. The van der Waals surface area contributed by atoms with Crippen LogP contribution in [0, 0.1) is 11.6 Å². The van der Waals surface area contributed by atoms with Gasteiger partial charge in [0.2, 0.25) is 0 Å². The molecule has 0 amide bonds.